The SMILES string of the molecule is CC(C)(C)c1cc(-c2c3nc(c(-c4csnn4)c4ccc([nH]4)c(-c4cc(C(C)(C)C)cc(C(C)(C)C)c4)c4nc(c(-c5csnn5)c5ccc2[nH]5)C=C4)C=C3)cc(C(C)(C)C)c1. The number of aromatic nitrogens is 8. The second-order valence-electron chi connectivity index (χ2n) is 20.7. The average molecular weight is 855 g/mol. The van der Waals surface area contributed by atoms with Crippen LogP contribution in [-0.4, -0.2) is 39.1 Å². The Morgan fingerprint density at radius 1 is 0.387 bits per heavy atom. The van der Waals surface area contributed by atoms with E-state index in [2.05, 4.69) is 197 Å². The number of aromatic amines is 2. The fourth-order valence-corrected chi connectivity index (χ4v) is 9.07. The van der Waals surface area contributed by atoms with Gasteiger partial charge in [0.2, 0.25) is 0 Å². The van der Waals surface area contributed by atoms with Crippen LogP contribution in [0.25, 0.3) is 91.1 Å². The lowest BCUT2D eigenvalue weighted by Crippen LogP contribution is -2.16. The molecule has 7 aromatic rings. The minimum Gasteiger partial charge on any atom is -0.354 e. The molecule has 0 saturated carbocycles. The maximum Gasteiger partial charge on any atom is 0.110 e. The number of benzene rings is 2. The van der Waals surface area contributed by atoms with Gasteiger partial charge in [-0.3, -0.25) is 0 Å². The van der Waals surface area contributed by atoms with Gasteiger partial charge in [-0.25, -0.2) is 9.97 Å². The lowest BCUT2D eigenvalue weighted by molar-refractivity contribution is 0.568. The van der Waals surface area contributed by atoms with E-state index in [4.69, 9.17) is 9.97 Å². The van der Waals surface area contributed by atoms with Gasteiger partial charge in [0.05, 0.1) is 44.9 Å². The van der Waals surface area contributed by atoms with E-state index in [9.17, 15) is 0 Å². The molecule has 0 aliphatic carbocycles. The van der Waals surface area contributed by atoms with Crippen molar-refractivity contribution in [3.8, 4) is 44.8 Å². The number of rotatable bonds is 4. The standard InChI is InChI=1S/C52H54N8S2/c1-49(2,3)31-21-29(22-32(25-31)50(4,5)6)45-35-13-17-39(53-35)47(43-27-61-59-57-43)41-19-15-37(55-41)46(30-23-33(51(7,8)9)26-34(24-30)52(10,11)12)38-16-20-42(56-38)48(44-28-62-60-58-44)40-18-14-36(45)54-40/h13-28,53,56H,1-12H3. The highest BCUT2D eigenvalue weighted by atomic mass is 32.1. The number of fused-ring (bicyclic) bond motifs is 8. The maximum atomic E-state index is 5.50. The second-order valence-corrected chi connectivity index (χ2v) is 21.9. The van der Waals surface area contributed by atoms with E-state index in [1.54, 1.807) is 0 Å². The van der Waals surface area contributed by atoms with Crippen LogP contribution < -0.4 is 0 Å². The van der Waals surface area contributed by atoms with Crippen LogP contribution in [-0.2, 0) is 21.7 Å². The predicted molar refractivity (Wildman–Crippen MR) is 262 cm³/mol. The highest BCUT2D eigenvalue weighted by Gasteiger charge is 2.26. The molecule has 0 atom stereocenters. The van der Waals surface area contributed by atoms with Crippen molar-refractivity contribution in [1.29, 1.82) is 0 Å². The lowest BCUT2D eigenvalue weighted by atomic mass is 9.78. The Bertz CT molecular complexity index is 2820. The molecule has 0 unspecified atom stereocenters. The van der Waals surface area contributed by atoms with Gasteiger partial charge < -0.3 is 9.97 Å². The van der Waals surface area contributed by atoms with Crippen molar-refractivity contribution in [2.75, 3.05) is 0 Å². The molecule has 8 bridgehead atoms. The maximum absolute atomic E-state index is 5.50. The molecule has 2 aliphatic heterocycles. The summed E-state index contributed by atoms with van der Waals surface area (Å²) in [6, 6.07) is 22.7. The van der Waals surface area contributed by atoms with E-state index < -0.39 is 0 Å². The Morgan fingerprint density at radius 2 is 0.677 bits per heavy atom. The fraction of sp³-hybridized carbons (Fsp3) is 0.308. The molecule has 7 heterocycles. The summed E-state index contributed by atoms with van der Waals surface area (Å²) in [5.41, 5.74) is 19.2. The first-order chi connectivity index (χ1) is 29.2. The van der Waals surface area contributed by atoms with E-state index in [0.717, 1.165) is 89.6 Å². The first-order valence-electron chi connectivity index (χ1n) is 21.3. The Morgan fingerprint density at radius 3 is 0.952 bits per heavy atom. The fourth-order valence-electron chi connectivity index (χ4n) is 8.17. The van der Waals surface area contributed by atoms with Crippen LogP contribution in [0.4, 0.5) is 0 Å². The number of hydrogen-bond acceptors (Lipinski definition) is 8. The van der Waals surface area contributed by atoms with Gasteiger partial charge in [-0.05, 0) is 127 Å². The van der Waals surface area contributed by atoms with Crippen LogP contribution in [0.1, 0.15) is 128 Å². The summed E-state index contributed by atoms with van der Waals surface area (Å²) in [5.74, 6) is 0. The molecule has 10 heteroatoms. The van der Waals surface area contributed by atoms with Gasteiger partial charge in [-0.15, -0.1) is 10.2 Å². The average Bonchev–Trinajstić information content (AvgIpc) is 4.05. The molecule has 314 valence electrons. The normalized spacial score (nSPS) is 13.4. The Labute approximate surface area is 372 Å². The van der Waals surface area contributed by atoms with Crippen LogP contribution in [0.15, 0.2) is 71.4 Å². The summed E-state index contributed by atoms with van der Waals surface area (Å²) in [6.07, 6.45) is 8.50. The minimum absolute atomic E-state index is 0.0811. The molecule has 0 fully saturated rings. The van der Waals surface area contributed by atoms with E-state index in [1.807, 2.05) is 10.8 Å². The molecular formula is C52H54N8S2. The molecule has 9 rings (SSSR count). The molecule has 0 radical (unpaired) electrons. The lowest BCUT2D eigenvalue weighted by Gasteiger charge is -2.26. The Balaban J connectivity index is 1.47. The summed E-state index contributed by atoms with van der Waals surface area (Å²) < 4.78 is 8.64. The van der Waals surface area contributed by atoms with Crippen molar-refractivity contribution in [2.24, 2.45) is 0 Å². The minimum atomic E-state index is -0.0811. The molecule has 0 amide bonds. The van der Waals surface area contributed by atoms with Crippen LogP contribution in [0.2, 0.25) is 0 Å². The summed E-state index contributed by atoms with van der Waals surface area (Å²) in [5, 5.41) is 13.2. The van der Waals surface area contributed by atoms with Gasteiger partial charge in [0, 0.05) is 32.9 Å². The van der Waals surface area contributed by atoms with E-state index in [-0.39, 0.29) is 21.7 Å². The van der Waals surface area contributed by atoms with Crippen LogP contribution in [0.3, 0.4) is 0 Å². The summed E-state index contributed by atoms with van der Waals surface area (Å²) in [7, 11) is 0. The first kappa shape index (κ1) is 41.5. The summed E-state index contributed by atoms with van der Waals surface area (Å²) in [6.45, 7) is 27.3. The zero-order valence-electron chi connectivity index (χ0n) is 37.7. The van der Waals surface area contributed by atoms with E-state index >= 15 is 0 Å². The van der Waals surface area contributed by atoms with E-state index in [1.165, 1.54) is 45.3 Å². The molecule has 2 aliphatic rings. The number of nitrogens with one attached hydrogen (secondary N) is 2. The third kappa shape index (κ3) is 7.79. The number of H-pyrrole nitrogens is 2. The first-order valence-corrected chi connectivity index (χ1v) is 22.9. The highest BCUT2D eigenvalue weighted by molar-refractivity contribution is 7.03. The molecule has 5 aromatic heterocycles. The summed E-state index contributed by atoms with van der Waals surface area (Å²) in [4.78, 5) is 18.7. The Hall–Kier alpha value is -5.84. The molecule has 8 nitrogen and oxygen atoms in total. The monoisotopic (exact) mass is 854 g/mol. The second kappa shape index (κ2) is 14.9. The largest absolute Gasteiger partial charge is 0.354 e. The van der Waals surface area contributed by atoms with Crippen molar-refractivity contribution in [1.82, 2.24) is 39.1 Å². The van der Waals surface area contributed by atoms with Gasteiger partial charge in [-0.1, -0.05) is 128 Å². The molecule has 2 N–H and O–H groups in total. The van der Waals surface area contributed by atoms with Crippen molar-refractivity contribution >= 4 is 69.4 Å². The van der Waals surface area contributed by atoms with E-state index in [0.29, 0.717) is 0 Å². The number of hydrogen-bond donors (Lipinski definition) is 2. The van der Waals surface area contributed by atoms with Crippen molar-refractivity contribution in [3.05, 3.63) is 116 Å². The molecule has 2 aromatic carbocycles. The van der Waals surface area contributed by atoms with Crippen LogP contribution >= 0.6 is 23.1 Å². The van der Waals surface area contributed by atoms with Crippen LogP contribution in [0.5, 0.6) is 0 Å². The smallest absolute Gasteiger partial charge is 0.110 e. The predicted octanol–water partition coefficient (Wildman–Crippen LogP) is 14.2. The van der Waals surface area contributed by atoms with Gasteiger partial charge in [-0.2, -0.15) is 0 Å². The zero-order chi connectivity index (χ0) is 43.9. The van der Waals surface area contributed by atoms with Crippen molar-refractivity contribution in [2.45, 2.75) is 105 Å². The van der Waals surface area contributed by atoms with Crippen molar-refractivity contribution < 1.29 is 0 Å². The molecule has 62 heavy (non-hydrogen) atoms. The van der Waals surface area contributed by atoms with Gasteiger partial charge in [0.25, 0.3) is 0 Å². The van der Waals surface area contributed by atoms with Gasteiger partial charge in [0.15, 0.2) is 0 Å². The molecule has 0 saturated heterocycles. The highest BCUT2D eigenvalue weighted by Crippen LogP contribution is 2.42. The third-order valence-corrected chi connectivity index (χ3v) is 12.9. The number of nitrogens with zero attached hydrogens (tertiary/aromatic N) is 6. The zero-order valence-corrected chi connectivity index (χ0v) is 39.4. The van der Waals surface area contributed by atoms with Gasteiger partial charge in [0.1, 0.15) is 11.4 Å². The summed E-state index contributed by atoms with van der Waals surface area (Å²) >= 11 is 2.67. The topological polar surface area (TPSA) is 109 Å². The van der Waals surface area contributed by atoms with Crippen molar-refractivity contribution in [3.63, 3.8) is 0 Å². The Kier molecular flexibility index (Phi) is 9.98. The third-order valence-electron chi connectivity index (χ3n) is 11.9. The van der Waals surface area contributed by atoms with Gasteiger partial charge >= 0.3 is 0 Å². The van der Waals surface area contributed by atoms with Crippen LogP contribution in [0, 0.1) is 0 Å². The molecule has 0 spiro atoms. The molecular weight excluding hydrogens is 801 g/mol. The quantitative estimate of drug-likeness (QED) is 0.182.